The quantitative estimate of drug-likeness (QED) is 0.683. The molecule has 1 aromatic heterocycles. The number of furan rings is 1. The lowest BCUT2D eigenvalue weighted by molar-refractivity contribution is -0.116. The third-order valence-corrected chi connectivity index (χ3v) is 6.76. The molecule has 2 N–H and O–H groups in total. The van der Waals surface area contributed by atoms with E-state index >= 15 is 0 Å². The molecule has 0 spiro atoms. The first-order chi connectivity index (χ1) is 13.0. The lowest BCUT2D eigenvalue weighted by Gasteiger charge is -2.21. The van der Waals surface area contributed by atoms with Crippen LogP contribution in [-0.2, 0) is 14.8 Å². The molecule has 0 bridgehead atoms. The van der Waals surface area contributed by atoms with Crippen LogP contribution >= 0.6 is 0 Å². The summed E-state index contributed by atoms with van der Waals surface area (Å²) in [4.78, 5) is 12.3. The van der Waals surface area contributed by atoms with Crippen molar-refractivity contribution >= 4 is 21.6 Å². The molecule has 2 rings (SSSR count). The Bertz CT molecular complexity index is 897. The van der Waals surface area contributed by atoms with Gasteiger partial charge in [-0.1, -0.05) is 6.92 Å². The first-order valence-electron chi connectivity index (χ1n) is 9.43. The average Bonchev–Trinajstić information content (AvgIpc) is 3.13. The van der Waals surface area contributed by atoms with Crippen LogP contribution in [0, 0.1) is 12.8 Å². The van der Waals surface area contributed by atoms with Crippen LogP contribution in [0.1, 0.15) is 46.1 Å². The van der Waals surface area contributed by atoms with Gasteiger partial charge >= 0.3 is 0 Å². The van der Waals surface area contributed by atoms with Crippen molar-refractivity contribution < 1.29 is 17.6 Å². The molecular weight excluding hydrogens is 376 g/mol. The van der Waals surface area contributed by atoms with Crippen LogP contribution in [-0.4, -0.2) is 25.6 Å². The SMILES string of the molecule is Cc1cc(-c2ccco2)ccc1NC(=O)CCC(C)CNS(=O)(=O)C(C)(C)C. The van der Waals surface area contributed by atoms with Crippen molar-refractivity contribution in [1.82, 2.24) is 4.72 Å². The van der Waals surface area contributed by atoms with E-state index in [0.29, 0.717) is 19.4 Å². The van der Waals surface area contributed by atoms with Gasteiger partial charge in [0, 0.05) is 24.2 Å². The van der Waals surface area contributed by atoms with Crippen LogP contribution in [0.4, 0.5) is 5.69 Å². The number of aryl methyl sites for hydroxylation is 1. The summed E-state index contributed by atoms with van der Waals surface area (Å²) in [6.45, 7) is 9.17. The molecule has 1 atom stereocenters. The number of anilines is 1. The minimum atomic E-state index is -3.37. The fraction of sp³-hybridized carbons (Fsp3) is 0.476. The van der Waals surface area contributed by atoms with Gasteiger partial charge in [0.15, 0.2) is 0 Å². The largest absolute Gasteiger partial charge is 0.464 e. The summed E-state index contributed by atoms with van der Waals surface area (Å²) in [7, 11) is -3.37. The molecule has 0 radical (unpaired) electrons. The number of amides is 1. The Kier molecular flexibility index (Phi) is 7.06. The number of carbonyl (C=O) groups excluding carboxylic acids is 1. The van der Waals surface area contributed by atoms with Crippen molar-refractivity contribution in [3.05, 3.63) is 42.2 Å². The maximum atomic E-state index is 12.3. The van der Waals surface area contributed by atoms with Gasteiger partial charge in [-0.3, -0.25) is 4.79 Å². The minimum Gasteiger partial charge on any atom is -0.464 e. The fourth-order valence-corrected chi connectivity index (χ4v) is 3.50. The van der Waals surface area contributed by atoms with Crippen molar-refractivity contribution in [2.45, 2.75) is 52.2 Å². The molecular formula is C21H30N2O4S. The highest BCUT2D eigenvalue weighted by Crippen LogP contribution is 2.25. The molecule has 1 amide bonds. The van der Waals surface area contributed by atoms with E-state index in [1.165, 1.54) is 0 Å². The number of sulfonamides is 1. The monoisotopic (exact) mass is 406 g/mol. The van der Waals surface area contributed by atoms with Crippen molar-refractivity contribution in [2.75, 3.05) is 11.9 Å². The Labute approximate surface area is 167 Å². The molecule has 0 aliphatic carbocycles. The van der Waals surface area contributed by atoms with Crippen LogP contribution < -0.4 is 10.0 Å². The molecule has 154 valence electrons. The third-order valence-electron chi connectivity index (χ3n) is 4.60. The summed E-state index contributed by atoms with van der Waals surface area (Å²) in [6, 6.07) is 9.47. The zero-order valence-corrected chi connectivity index (χ0v) is 18.0. The molecule has 0 saturated heterocycles. The van der Waals surface area contributed by atoms with Gasteiger partial charge in [0.2, 0.25) is 15.9 Å². The highest BCUT2D eigenvalue weighted by atomic mass is 32.2. The summed E-state index contributed by atoms with van der Waals surface area (Å²) >= 11 is 0. The Hall–Kier alpha value is -2.12. The van der Waals surface area contributed by atoms with Gasteiger partial charge in [-0.05, 0) is 75.9 Å². The second kappa shape index (κ2) is 8.92. The molecule has 0 saturated carbocycles. The summed E-state index contributed by atoms with van der Waals surface area (Å²) in [6.07, 6.45) is 2.56. The lowest BCUT2D eigenvalue weighted by Crippen LogP contribution is -2.41. The number of hydrogen-bond donors (Lipinski definition) is 2. The number of nitrogens with one attached hydrogen (secondary N) is 2. The highest BCUT2D eigenvalue weighted by Gasteiger charge is 2.28. The fourth-order valence-electron chi connectivity index (χ4n) is 2.56. The van der Waals surface area contributed by atoms with E-state index in [1.807, 2.05) is 44.2 Å². The van der Waals surface area contributed by atoms with E-state index < -0.39 is 14.8 Å². The Morgan fingerprint density at radius 1 is 1.21 bits per heavy atom. The highest BCUT2D eigenvalue weighted by molar-refractivity contribution is 7.90. The molecule has 1 unspecified atom stereocenters. The minimum absolute atomic E-state index is 0.0605. The molecule has 6 nitrogen and oxygen atoms in total. The summed E-state index contributed by atoms with van der Waals surface area (Å²) in [5.41, 5.74) is 2.68. The Morgan fingerprint density at radius 2 is 1.93 bits per heavy atom. The summed E-state index contributed by atoms with van der Waals surface area (Å²) < 4.78 is 31.4. The van der Waals surface area contributed by atoms with Gasteiger partial charge in [-0.15, -0.1) is 0 Å². The molecule has 0 fully saturated rings. The smallest absolute Gasteiger partial charge is 0.224 e. The first kappa shape index (κ1) is 22.2. The second-order valence-electron chi connectivity index (χ2n) is 8.16. The Morgan fingerprint density at radius 3 is 2.50 bits per heavy atom. The zero-order valence-electron chi connectivity index (χ0n) is 17.2. The van der Waals surface area contributed by atoms with Crippen LogP contribution in [0.5, 0.6) is 0 Å². The number of hydrogen-bond acceptors (Lipinski definition) is 4. The predicted octanol–water partition coefficient (Wildman–Crippen LogP) is 4.33. The Balaban J connectivity index is 1.84. The summed E-state index contributed by atoms with van der Waals surface area (Å²) in [5.74, 6) is 0.761. The van der Waals surface area contributed by atoms with E-state index in [9.17, 15) is 13.2 Å². The molecule has 0 aliphatic rings. The lowest BCUT2D eigenvalue weighted by atomic mass is 10.1. The maximum absolute atomic E-state index is 12.3. The van der Waals surface area contributed by atoms with Crippen molar-refractivity contribution in [3.63, 3.8) is 0 Å². The van der Waals surface area contributed by atoms with Crippen molar-refractivity contribution in [2.24, 2.45) is 5.92 Å². The number of carbonyl (C=O) groups is 1. The number of rotatable bonds is 8. The van der Waals surface area contributed by atoms with Gasteiger partial charge in [0.25, 0.3) is 0 Å². The summed E-state index contributed by atoms with van der Waals surface area (Å²) in [5, 5.41) is 2.93. The van der Waals surface area contributed by atoms with E-state index in [0.717, 1.165) is 22.6 Å². The topological polar surface area (TPSA) is 88.4 Å². The van der Waals surface area contributed by atoms with Crippen LogP contribution in [0.15, 0.2) is 41.0 Å². The van der Waals surface area contributed by atoms with Gasteiger partial charge in [0.1, 0.15) is 5.76 Å². The molecule has 28 heavy (non-hydrogen) atoms. The normalized spacial score (nSPS) is 13.3. The van der Waals surface area contributed by atoms with Gasteiger partial charge in [-0.2, -0.15) is 0 Å². The van der Waals surface area contributed by atoms with E-state index in [4.69, 9.17) is 4.42 Å². The average molecular weight is 407 g/mol. The van der Waals surface area contributed by atoms with Crippen LogP contribution in [0.3, 0.4) is 0 Å². The molecule has 2 aromatic rings. The van der Waals surface area contributed by atoms with E-state index in [2.05, 4.69) is 10.0 Å². The second-order valence-corrected chi connectivity index (χ2v) is 10.7. The number of benzene rings is 1. The van der Waals surface area contributed by atoms with Crippen molar-refractivity contribution in [3.8, 4) is 11.3 Å². The van der Waals surface area contributed by atoms with E-state index in [-0.39, 0.29) is 11.8 Å². The maximum Gasteiger partial charge on any atom is 0.224 e. The van der Waals surface area contributed by atoms with Gasteiger partial charge in [0.05, 0.1) is 11.0 Å². The van der Waals surface area contributed by atoms with Crippen molar-refractivity contribution in [1.29, 1.82) is 0 Å². The van der Waals surface area contributed by atoms with Crippen LogP contribution in [0.2, 0.25) is 0 Å². The molecule has 7 heteroatoms. The molecule has 1 heterocycles. The molecule has 0 aliphatic heterocycles. The van der Waals surface area contributed by atoms with Gasteiger partial charge in [-0.25, -0.2) is 13.1 Å². The van der Waals surface area contributed by atoms with Gasteiger partial charge < -0.3 is 9.73 Å². The third kappa shape index (κ3) is 5.94. The standard InChI is InChI=1S/C21H30N2O4S/c1-15(14-22-28(25,26)21(3,4)5)8-11-20(24)23-18-10-9-17(13-16(18)2)19-7-6-12-27-19/h6-7,9-10,12-13,15,22H,8,11,14H2,1-5H3,(H,23,24). The zero-order chi connectivity index (χ0) is 20.9. The first-order valence-corrected chi connectivity index (χ1v) is 10.9. The van der Waals surface area contributed by atoms with E-state index in [1.54, 1.807) is 27.0 Å². The van der Waals surface area contributed by atoms with Crippen LogP contribution in [0.25, 0.3) is 11.3 Å². The molecule has 1 aromatic carbocycles. The predicted molar refractivity (Wildman–Crippen MR) is 113 cm³/mol.